The van der Waals surface area contributed by atoms with Crippen LogP contribution in [0.3, 0.4) is 0 Å². The van der Waals surface area contributed by atoms with E-state index < -0.39 is 11.5 Å². The first-order valence-corrected chi connectivity index (χ1v) is 10.1. The third kappa shape index (κ3) is 2.46. The van der Waals surface area contributed by atoms with Crippen molar-refractivity contribution < 1.29 is 10.2 Å². The highest BCUT2D eigenvalue weighted by molar-refractivity contribution is 5.86. The van der Waals surface area contributed by atoms with E-state index in [0.717, 1.165) is 16.7 Å². The Hall–Kier alpha value is -3.10. The molecule has 0 heterocycles. The van der Waals surface area contributed by atoms with Crippen molar-refractivity contribution in [3.05, 3.63) is 113 Å². The Morgan fingerprint density at radius 3 is 2.07 bits per heavy atom. The normalized spacial score (nSPS) is 21.4. The number of hydrogen-bond acceptors (Lipinski definition) is 2. The van der Waals surface area contributed by atoms with Crippen molar-refractivity contribution in [2.45, 2.75) is 25.4 Å². The molecule has 3 aromatic rings. The summed E-state index contributed by atoms with van der Waals surface area (Å²) in [6.45, 7) is 3.99. The number of aromatic hydroxyl groups is 1. The van der Waals surface area contributed by atoms with E-state index in [9.17, 15) is 10.2 Å². The van der Waals surface area contributed by atoms with Crippen molar-refractivity contribution in [3.8, 4) is 16.9 Å². The standard InChI is InChI=1S/C27H24O2/c1-17-15-19(11-13-25(17)28)27(20-12-14-26(29)18(2)16-20)23-9-5-3-7-21(23)22-8-4-6-10-24(22)27/h3-17,25,28-29H,1-2H3. The highest BCUT2D eigenvalue weighted by Crippen LogP contribution is 2.57. The van der Waals surface area contributed by atoms with Crippen LogP contribution in [0.4, 0.5) is 0 Å². The van der Waals surface area contributed by atoms with Gasteiger partial charge in [-0.05, 0) is 51.9 Å². The first-order chi connectivity index (χ1) is 14.0. The van der Waals surface area contributed by atoms with Gasteiger partial charge < -0.3 is 10.2 Å². The maximum absolute atomic E-state index is 10.3. The Morgan fingerprint density at radius 2 is 1.48 bits per heavy atom. The zero-order chi connectivity index (χ0) is 20.2. The van der Waals surface area contributed by atoms with Gasteiger partial charge in [-0.3, -0.25) is 0 Å². The first kappa shape index (κ1) is 18.0. The van der Waals surface area contributed by atoms with Crippen LogP contribution in [0.2, 0.25) is 0 Å². The Bertz CT molecular complexity index is 1120. The van der Waals surface area contributed by atoms with Gasteiger partial charge in [-0.25, -0.2) is 0 Å². The van der Waals surface area contributed by atoms with Crippen molar-refractivity contribution in [1.29, 1.82) is 0 Å². The molecule has 0 aromatic heterocycles. The zero-order valence-corrected chi connectivity index (χ0v) is 16.6. The van der Waals surface area contributed by atoms with Crippen LogP contribution < -0.4 is 0 Å². The first-order valence-electron chi connectivity index (χ1n) is 10.1. The topological polar surface area (TPSA) is 40.5 Å². The second-order valence-corrected chi connectivity index (χ2v) is 8.17. The minimum absolute atomic E-state index is 0.0324. The van der Waals surface area contributed by atoms with Crippen molar-refractivity contribution >= 4 is 0 Å². The van der Waals surface area contributed by atoms with Gasteiger partial charge in [0.2, 0.25) is 0 Å². The number of aryl methyl sites for hydroxylation is 1. The number of phenolic OH excluding ortho intramolecular Hbond substituents is 1. The third-order valence-corrected chi connectivity index (χ3v) is 6.47. The van der Waals surface area contributed by atoms with Crippen LogP contribution in [0, 0.1) is 12.8 Å². The van der Waals surface area contributed by atoms with Crippen molar-refractivity contribution in [1.82, 2.24) is 0 Å². The molecule has 2 N–H and O–H groups in total. The minimum atomic E-state index is -0.476. The lowest BCUT2D eigenvalue weighted by Gasteiger charge is -2.37. The summed E-state index contributed by atoms with van der Waals surface area (Å²) in [5, 5.41) is 20.5. The summed E-state index contributed by atoms with van der Waals surface area (Å²) in [5.74, 6) is 0.338. The lowest BCUT2D eigenvalue weighted by Crippen LogP contribution is -2.31. The molecule has 29 heavy (non-hydrogen) atoms. The number of benzene rings is 3. The van der Waals surface area contributed by atoms with Gasteiger partial charge >= 0.3 is 0 Å². The molecule has 0 bridgehead atoms. The van der Waals surface area contributed by atoms with Crippen molar-refractivity contribution in [2.24, 2.45) is 5.92 Å². The highest BCUT2D eigenvalue weighted by Gasteiger charge is 2.47. The Balaban J connectivity index is 1.92. The number of aliphatic hydroxyl groups excluding tert-OH is 1. The fourth-order valence-electron chi connectivity index (χ4n) is 4.98. The largest absolute Gasteiger partial charge is 0.508 e. The van der Waals surface area contributed by atoms with Crippen molar-refractivity contribution in [2.75, 3.05) is 0 Å². The Kier molecular flexibility index (Phi) is 4.01. The van der Waals surface area contributed by atoms with Crippen LogP contribution in [0.15, 0.2) is 90.5 Å². The predicted octanol–water partition coefficient (Wildman–Crippen LogP) is 5.51. The summed E-state index contributed by atoms with van der Waals surface area (Å²) in [4.78, 5) is 0. The van der Waals surface area contributed by atoms with Crippen molar-refractivity contribution in [3.63, 3.8) is 0 Å². The molecule has 0 saturated heterocycles. The summed E-state index contributed by atoms with van der Waals surface area (Å²) >= 11 is 0. The number of fused-ring (bicyclic) bond motifs is 3. The summed E-state index contributed by atoms with van der Waals surface area (Å²) in [7, 11) is 0. The molecule has 2 nitrogen and oxygen atoms in total. The quantitative estimate of drug-likeness (QED) is 0.615. The van der Waals surface area contributed by atoms with Crippen LogP contribution in [-0.2, 0) is 5.41 Å². The van der Waals surface area contributed by atoms with E-state index in [2.05, 4.69) is 73.7 Å². The molecule has 5 rings (SSSR count). The van der Waals surface area contributed by atoms with Crippen LogP contribution in [0.25, 0.3) is 11.1 Å². The van der Waals surface area contributed by atoms with Crippen LogP contribution in [0.5, 0.6) is 5.75 Å². The molecular formula is C27H24O2. The molecule has 2 aliphatic rings. The summed E-state index contributed by atoms with van der Waals surface area (Å²) in [6, 6.07) is 23.1. The van der Waals surface area contributed by atoms with Gasteiger partial charge in [0.25, 0.3) is 0 Å². The molecule has 144 valence electrons. The second kappa shape index (κ2) is 6.47. The van der Waals surface area contributed by atoms with Gasteiger partial charge in [-0.2, -0.15) is 0 Å². The summed E-state index contributed by atoms with van der Waals surface area (Å²) in [5.41, 5.74) is 7.64. The molecule has 0 fully saturated rings. The lowest BCUT2D eigenvalue weighted by atomic mass is 9.65. The van der Waals surface area contributed by atoms with E-state index in [-0.39, 0.29) is 5.92 Å². The van der Waals surface area contributed by atoms with Gasteiger partial charge in [-0.1, -0.05) is 85.8 Å². The van der Waals surface area contributed by atoms with Crippen LogP contribution in [-0.4, -0.2) is 16.3 Å². The molecule has 2 heteroatoms. The van der Waals surface area contributed by atoms with Gasteiger partial charge in [0.15, 0.2) is 0 Å². The fraction of sp³-hybridized carbons (Fsp3) is 0.185. The SMILES string of the molecule is Cc1cc(C2(C3=CC(C)C(O)C=C3)c3ccccc3-c3ccccc32)ccc1O. The molecule has 2 atom stereocenters. The number of phenols is 1. The van der Waals surface area contributed by atoms with Crippen LogP contribution >= 0.6 is 0 Å². The maximum Gasteiger partial charge on any atom is 0.118 e. The molecule has 0 saturated carbocycles. The van der Waals surface area contributed by atoms with Crippen LogP contribution in [0.1, 0.15) is 29.2 Å². The van der Waals surface area contributed by atoms with Gasteiger partial charge in [0, 0.05) is 5.92 Å². The second-order valence-electron chi connectivity index (χ2n) is 8.17. The zero-order valence-electron chi connectivity index (χ0n) is 16.6. The molecule has 3 aromatic carbocycles. The molecule has 0 amide bonds. The molecule has 2 aliphatic carbocycles. The van der Waals surface area contributed by atoms with E-state index in [4.69, 9.17) is 0 Å². The predicted molar refractivity (Wildman–Crippen MR) is 117 cm³/mol. The molecular weight excluding hydrogens is 356 g/mol. The van der Waals surface area contributed by atoms with Gasteiger partial charge in [-0.15, -0.1) is 0 Å². The van der Waals surface area contributed by atoms with E-state index in [0.29, 0.717) is 5.75 Å². The molecule has 0 aliphatic heterocycles. The summed E-state index contributed by atoms with van der Waals surface area (Å²) in [6.07, 6.45) is 5.71. The summed E-state index contributed by atoms with van der Waals surface area (Å²) < 4.78 is 0. The van der Waals surface area contributed by atoms with E-state index in [1.165, 1.54) is 22.3 Å². The fourth-order valence-corrected chi connectivity index (χ4v) is 4.98. The molecule has 0 radical (unpaired) electrons. The van der Waals surface area contributed by atoms with E-state index in [1.807, 2.05) is 19.1 Å². The number of aliphatic hydroxyl groups is 1. The number of allylic oxidation sites excluding steroid dienone is 2. The van der Waals surface area contributed by atoms with Gasteiger partial charge in [0.05, 0.1) is 11.5 Å². The molecule has 2 unspecified atom stereocenters. The number of hydrogen-bond donors (Lipinski definition) is 2. The maximum atomic E-state index is 10.3. The van der Waals surface area contributed by atoms with E-state index in [1.54, 1.807) is 6.07 Å². The molecule has 0 spiro atoms. The lowest BCUT2D eigenvalue weighted by molar-refractivity contribution is 0.182. The average Bonchev–Trinajstić information content (AvgIpc) is 3.04. The highest BCUT2D eigenvalue weighted by atomic mass is 16.3. The van der Waals surface area contributed by atoms with E-state index >= 15 is 0 Å². The minimum Gasteiger partial charge on any atom is -0.508 e. The average molecular weight is 380 g/mol. The number of rotatable bonds is 2. The van der Waals surface area contributed by atoms with Gasteiger partial charge in [0.1, 0.15) is 5.75 Å². The Labute approximate surface area is 171 Å². The third-order valence-electron chi connectivity index (χ3n) is 6.47. The monoisotopic (exact) mass is 380 g/mol. The smallest absolute Gasteiger partial charge is 0.118 e. The Morgan fingerprint density at radius 1 is 0.862 bits per heavy atom.